The van der Waals surface area contributed by atoms with E-state index in [1.807, 2.05) is 13.1 Å². The standard InChI is InChI=1S/C16H25BrFN/c1-3-4-5-6-7-8-15(19-2)12-13-11-14(17)9-10-16(13)18/h9-11,15,19H,3-8,12H2,1-2H3. The van der Waals surface area contributed by atoms with Gasteiger partial charge >= 0.3 is 0 Å². The Balaban J connectivity index is 2.41. The van der Waals surface area contributed by atoms with Gasteiger partial charge in [-0.15, -0.1) is 0 Å². The predicted molar refractivity (Wildman–Crippen MR) is 84.0 cm³/mol. The molecule has 0 amide bonds. The van der Waals surface area contributed by atoms with Crippen molar-refractivity contribution in [3.8, 4) is 0 Å². The molecule has 0 aliphatic carbocycles. The third-order valence-corrected chi connectivity index (χ3v) is 4.03. The summed E-state index contributed by atoms with van der Waals surface area (Å²) in [7, 11) is 1.96. The van der Waals surface area contributed by atoms with Crippen molar-refractivity contribution in [2.24, 2.45) is 0 Å². The van der Waals surface area contributed by atoms with Gasteiger partial charge in [0.1, 0.15) is 5.82 Å². The Morgan fingerprint density at radius 1 is 1.21 bits per heavy atom. The van der Waals surface area contributed by atoms with Gasteiger partial charge in [-0.3, -0.25) is 0 Å². The van der Waals surface area contributed by atoms with Crippen LogP contribution in [0.25, 0.3) is 0 Å². The molecule has 0 fully saturated rings. The van der Waals surface area contributed by atoms with E-state index in [9.17, 15) is 4.39 Å². The van der Waals surface area contributed by atoms with Gasteiger partial charge in [0.25, 0.3) is 0 Å². The summed E-state index contributed by atoms with van der Waals surface area (Å²) in [6.45, 7) is 2.23. The third kappa shape index (κ3) is 6.53. The van der Waals surface area contributed by atoms with E-state index in [0.29, 0.717) is 6.04 Å². The molecule has 1 unspecified atom stereocenters. The lowest BCUT2D eigenvalue weighted by Crippen LogP contribution is -2.27. The van der Waals surface area contributed by atoms with Crippen LogP contribution in [0.1, 0.15) is 51.0 Å². The molecule has 1 aromatic carbocycles. The van der Waals surface area contributed by atoms with Crippen molar-refractivity contribution < 1.29 is 4.39 Å². The van der Waals surface area contributed by atoms with Gasteiger partial charge in [0.2, 0.25) is 0 Å². The molecule has 1 atom stereocenters. The van der Waals surface area contributed by atoms with E-state index < -0.39 is 0 Å². The number of hydrogen-bond acceptors (Lipinski definition) is 1. The van der Waals surface area contributed by atoms with E-state index in [0.717, 1.165) is 22.9 Å². The summed E-state index contributed by atoms with van der Waals surface area (Å²) in [5.74, 6) is -0.102. The summed E-state index contributed by atoms with van der Waals surface area (Å²) in [5, 5.41) is 3.31. The fourth-order valence-electron chi connectivity index (χ4n) is 2.31. The zero-order valence-corrected chi connectivity index (χ0v) is 13.6. The van der Waals surface area contributed by atoms with Crippen LogP contribution in [-0.2, 0) is 6.42 Å². The summed E-state index contributed by atoms with van der Waals surface area (Å²) in [6, 6.07) is 5.53. The van der Waals surface area contributed by atoms with E-state index in [1.165, 1.54) is 38.2 Å². The predicted octanol–water partition coefficient (Wildman–Crippen LogP) is 5.08. The summed E-state index contributed by atoms with van der Waals surface area (Å²) in [4.78, 5) is 0. The van der Waals surface area contributed by atoms with Gasteiger partial charge in [-0.25, -0.2) is 4.39 Å². The van der Waals surface area contributed by atoms with Gasteiger partial charge in [0, 0.05) is 10.5 Å². The van der Waals surface area contributed by atoms with Gasteiger partial charge in [-0.05, 0) is 43.7 Å². The van der Waals surface area contributed by atoms with Crippen molar-refractivity contribution in [3.63, 3.8) is 0 Å². The van der Waals surface area contributed by atoms with Crippen LogP contribution in [0.3, 0.4) is 0 Å². The van der Waals surface area contributed by atoms with Crippen molar-refractivity contribution in [1.29, 1.82) is 0 Å². The zero-order valence-electron chi connectivity index (χ0n) is 12.0. The largest absolute Gasteiger partial charge is 0.317 e. The highest BCUT2D eigenvalue weighted by molar-refractivity contribution is 9.10. The quantitative estimate of drug-likeness (QED) is 0.623. The van der Waals surface area contributed by atoms with Crippen LogP contribution in [0.15, 0.2) is 22.7 Å². The summed E-state index contributed by atoms with van der Waals surface area (Å²) in [5.41, 5.74) is 0.794. The maximum atomic E-state index is 13.7. The molecule has 0 heterocycles. The van der Waals surface area contributed by atoms with Crippen LogP contribution in [0.5, 0.6) is 0 Å². The van der Waals surface area contributed by atoms with Crippen LogP contribution in [0, 0.1) is 5.82 Å². The Bertz CT molecular complexity index is 368. The van der Waals surface area contributed by atoms with Gasteiger partial charge < -0.3 is 5.32 Å². The maximum absolute atomic E-state index is 13.7. The highest BCUT2D eigenvalue weighted by atomic mass is 79.9. The average Bonchev–Trinajstić information content (AvgIpc) is 2.41. The first kappa shape index (κ1) is 16.6. The number of likely N-dealkylation sites (N-methyl/N-ethyl adjacent to an activating group) is 1. The topological polar surface area (TPSA) is 12.0 Å². The van der Waals surface area contributed by atoms with Gasteiger partial charge in [-0.1, -0.05) is 55.0 Å². The molecule has 108 valence electrons. The van der Waals surface area contributed by atoms with Crippen molar-refractivity contribution >= 4 is 15.9 Å². The zero-order chi connectivity index (χ0) is 14.1. The second-order valence-corrected chi connectivity index (χ2v) is 6.04. The first-order valence-corrected chi connectivity index (χ1v) is 8.07. The Morgan fingerprint density at radius 3 is 2.63 bits per heavy atom. The smallest absolute Gasteiger partial charge is 0.126 e. The molecule has 0 aliphatic rings. The fourth-order valence-corrected chi connectivity index (χ4v) is 2.72. The van der Waals surface area contributed by atoms with E-state index >= 15 is 0 Å². The second-order valence-electron chi connectivity index (χ2n) is 5.13. The third-order valence-electron chi connectivity index (χ3n) is 3.54. The minimum absolute atomic E-state index is 0.102. The Labute approximate surface area is 125 Å². The summed E-state index contributed by atoms with van der Waals surface area (Å²) < 4.78 is 14.7. The Hall–Kier alpha value is -0.410. The number of unbranched alkanes of at least 4 members (excludes halogenated alkanes) is 4. The molecule has 1 nitrogen and oxygen atoms in total. The second kappa shape index (κ2) is 9.49. The Kier molecular flexibility index (Phi) is 8.31. The Morgan fingerprint density at radius 2 is 1.95 bits per heavy atom. The highest BCUT2D eigenvalue weighted by Crippen LogP contribution is 2.18. The molecule has 3 heteroatoms. The summed E-state index contributed by atoms with van der Waals surface area (Å²) in [6.07, 6.45) is 8.30. The number of hydrogen-bond donors (Lipinski definition) is 1. The maximum Gasteiger partial charge on any atom is 0.126 e. The van der Waals surface area contributed by atoms with Crippen molar-refractivity contribution in [3.05, 3.63) is 34.1 Å². The number of rotatable bonds is 9. The molecular formula is C16H25BrFN. The van der Waals surface area contributed by atoms with Crippen LogP contribution in [0.2, 0.25) is 0 Å². The first-order chi connectivity index (χ1) is 9.17. The SMILES string of the molecule is CCCCCCCC(Cc1cc(Br)ccc1F)NC. The molecule has 0 aromatic heterocycles. The van der Waals surface area contributed by atoms with Gasteiger partial charge in [-0.2, -0.15) is 0 Å². The molecule has 0 spiro atoms. The monoisotopic (exact) mass is 329 g/mol. The van der Waals surface area contributed by atoms with E-state index in [-0.39, 0.29) is 5.82 Å². The lowest BCUT2D eigenvalue weighted by Gasteiger charge is -2.16. The summed E-state index contributed by atoms with van der Waals surface area (Å²) >= 11 is 3.40. The fraction of sp³-hybridized carbons (Fsp3) is 0.625. The first-order valence-electron chi connectivity index (χ1n) is 7.28. The molecule has 0 bridgehead atoms. The van der Waals surface area contributed by atoms with Crippen LogP contribution in [0.4, 0.5) is 4.39 Å². The average molecular weight is 330 g/mol. The molecule has 0 saturated carbocycles. The normalized spacial score (nSPS) is 12.6. The van der Waals surface area contributed by atoms with Crippen molar-refractivity contribution in [2.75, 3.05) is 7.05 Å². The molecule has 0 aliphatic heterocycles. The van der Waals surface area contributed by atoms with Crippen LogP contribution >= 0.6 is 15.9 Å². The number of benzene rings is 1. The molecule has 1 aromatic rings. The van der Waals surface area contributed by atoms with Gasteiger partial charge in [0.15, 0.2) is 0 Å². The molecule has 1 N–H and O–H groups in total. The lowest BCUT2D eigenvalue weighted by atomic mass is 9.99. The number of halogens is 2. The minimum atomic E-state index is -0.102. The molecule has 0 saturated heterocycles. The van der Waals surface area contributed by atoms with E-state index in [4.69, 9.17) is 0 Å². The van der Waals surface area contributed by atoms with Gasteiger partial charge in [0.05, 0.1) is 0 Å². The molecular weight excluding hydrogens is 305 g/mol. The van der Waals surface area contributed by atoms with Crippen LogP contribution in [-0.4, -0.2) is 13.1 Å². The molecule has 1 rings (SSSR count). The lowest BCUT2D eigenvalue weighted by molar-refractivity contribution is 0.473. The van der Waals surface area contributed by atoms with E-state index in [2.05, 4.69) is 28.2 Å². The molecule has 0 radical (unpaired) electrons. The minimum Gasteiger partial charge on any atom is -0.317 e. The number of nitrogens with one attached hydrogen (secondary N) is 1. The molecule has 19 heavy (non-hydrogen) atoms. The highest BCUT2D eigenvalue weighted by Gasteiger charge is 2.10. The van der Waals surface area contributed by atoms with Crippen molar-refractivity contribution in [1.82, 2.24) is 5.32 Å². The van der Waals surface area contributed by atoms with Crippen LogP contribution < -0.4 is 5.32 Å². The van der Waals surface area contributed by atoms with E-state index in [1.54, 1.807) is 6.07 Å². The van der Waals surface area contributed by atoms with Crippen molar-refractivity contribution in [2.45, 2.75) is 57.9 Å².